The van der Waals surface area contributed by atoms with Crippen LogP contribution in [-0.4, -0.2) is 0 Å². The molecule has 0 aliphatic heterocycles. The van der Waals surface area contributed by atoms with Crippen LogP contribution in [0.5, 0.6) is 0 Å². The molecule has 0 fully saturated rings. The minimum atomic E-state index is -0.404. The number of rotatable bonds is 10. The van der Waals surface area contributed by atoms with Crippen LogP contribution in [0.3, 0.4) is 0 Å². The third-order valence-electron chi connectivity index (χ3n) is 31.0. The Labute approximate surface area is 775 Å². The lowest BCUT2D eigenvalue weighted by Crippen LogP contribution is -2.19. The summed E-state index contributed by atoms with van der Waals surface area (Å²) in [6.45, 7) is 28.7. The fourth-order valence-corrected chi connectivity index (χ4v) is 27.1. The molecule has 0 spiro atoms. The number of para-hydroxylation sites is 4. The molecule has 0 atom stereocenters. The maximum atomic E-state index is 6.76. The Kier molecular flexibility index (Phi) is 16.1. The number of nitrogens with zero attached hydrogens (tertiary/aromatic N) is 2. The Bertz CT molecular complexity index is 8880. The summed E-state index contributed by atoms with van der Waals surface area (Å²) in [5, 5.41) is 14.7. The van der Waals surface area contributed by atoms with Crippen LogP contribution in [0.15, 0.2) is 349 Å². The van der Waals surface area contributed by atoms with Crippen LogP contribution >= 0.6 is 22.7 Å². The van der Waals surface area contributed by atoms with Crippen molar-refractivity contribution < 1.29 is 8.83 Å². The van der Waals surface area contributed by atoms with E-state index in [-0.39, 0.29) is 5.41 Å². The number of thiophene rings is 2. The zero-order chi connectivity index (χ0) is 88.8. The molecule has 0 amide bonds. The topological polar surface area (TPSA) is 32.8 Å². The van der Waals surface area contributed by atoms with Gasteiger partial charge in [-0.3, -0.25) is 0 Å². The Balaban J connectivity index is 0.636. The summed E-state index contributed by atoms with van der Waals surface area (Å²) in [6, 6.07) is 130. The van der Waals surface area contributed by atoms with E-state index in [1.165, 1.54) is 212 Å². The molecule has 132 heavy (non-hydrogen) atoms. The molecule has 0 bridgehead atoms. The summed E-state index contributed by atoms with van der Waals surface area (Å²) < 4.78 is 18.8. The van der Waals surface area contributed by atoms with Gasteiger partial charge in [0.15, 0.2) is 0 Å². The first-order chi connectivity index (χ1) is 64.1. The zero-order valence-electron chi connectivity index (χ0n) is 75.9. The predicted molar refractivity (Wildman–Crippen MR) is 562 cm³/mol. The van der Waals surface area contributed by atoms with Gasteiger partial charge in [-0.1, -0.05) is 303 Å². The van der Waals surface area contributed by atoms with Gasteiger partial charge in [0.2, 0.25) is 0 Å². The average Bonchev–Trinajstić information content (AvgIpc) is 1.55. The van der Waals surface area contributed by atoms with E-state index >= 15 is 0 Å². The van der Waals surface area contributed by atoms with Gasteiger partial charge in [-0.15, -0.1) is 22.7 Å². The van der Waals surface area contributed by atoms with Crippen LogP contribution in [0, 0.1) is 27.7 Å². The van der Waals surface area contributed by atoms with Crippen molar-refractivity contribution in [3.63, 3.8) is 0 Å². The van der Waals surface area contributed by atoms with Crippen LogP contribution in [0.4, 0.5) is 34.1 Å². The Morgan fingerprint density at radius 1 is 0.220 bits per heavy atom. The lowest BCUT2D eigenvalue weighted by atomic mass is 9.80. The second-order valence-electron chi connectivity index (χ2n) is 39.8. The number of benzene rings is 19. The van der Waals surface area contributed by atoms with E-state index in [2.05, 4.69) is 433 Å². The van der Waals surface area contributed by atoms with E-state index in [1.807, 2.05) is 22.7 Å². The van der Waals surface area contributed by atoms with E-state index in [0.29, 0.717) is 0 Å². The average molecular weight is 1730 g/mol. The molecule has 0 saturated heterocycles. The van der Waals surface area contributed by atoms with E-state index in [4.69, 9.17) is 8.83 Å². The molecule has 19 aromatic carbocycles. The third-order valence-corrected chi connectivity index (χ3v) is 33.5. The highest BCUT2D eigenvalue weighted by Gasteiger charge is 2.46. The van der Waals surface area contributed by atoms with Crippen molar-refractivity contribution >= 4 is 163 Å². The molecule has 4 nitrogen and oxygen atoms in total. The number of anilines is 6. The quantitative estimate of drug-likeness (QED) is 0.137. The molecule has 0 unspecified atom stereocenters. The molecule has 0 radical (unpaired) electrons. The van der Waals surface area contributed by atoms with Gasteiger partial charge in [0.05, 0.1) is 17.1 Å². The van der Waals surface area contributed by atoms with Crippen molar-refractivity contribution in [1.29, 1.82) is 0 Å². The highest BCUT2D eigenvalue weighted by atomic mass is 32.1. The van der Waals surface area contributed by atoms with Crippen LogP contribution in [0.1, 0.15) is 122 Å². The largest absolute Gasteiger partial charge is 0.456 e. The fourth-order valence-electron chi connectivity index (χ4n) is 24.5. The smallest absolute Gasteiger partial charge is 0.136 e. The van der Waals surface area contributed by atoms with E-state index in [9.17, 15) is 0 Å². The van der Waals surface area contributed by atoms with E-state index in [0.717, 1.165) is 83.9 Å². The van der Waals surface area contributed by atoms with Gasteiger partial charge in [0, 0.05) is 128 Å². The predicted octanol–water partition coefficient (Wildman–Crippen LogP) is 36.6. The molecule has 6 heteroatoms. The second kappa shape index (κ2) is 27.5. The first-order valence-corrected chi connectivity index (χ1v) is 48.1. The number of furan rings is 2. The van der Waals surface area contributed by atoms with E-state index in [1.54, 1.807) is 0 Å². The van der Waals surface area contributed by atoms with Crippen molar-refractivity contribution in [2.24, 2.45) is 0 Å². The normalized spacial score (nSPS) is 14.5. The van der Waals surface area contributed by atoms with Gasteiger partial charge in [0.25, 0.3) is 0 Å². The monoisotopic (exact) mass is 1730 g/mol. The Hall–Kier alpha value is -14.7. The van der Waals surface area contributed by atoms with Crippen LogP contribution < -0.4 is 9.80 Å². The van der Waals surface area contributed by atoms with Gasteiger partial charge < -0.3 is 18.6 Å². The van der Waals surface area contributed by atoms with Gasteiger partial charge in [-0.2, -0.15) is 0 Å². The summed E-state index contributed by atoms with van der Waals surface area (Å²) in [5.41, 5.74) is 44.7. The first-order valence-electron chi connectivity index (χ1n) is 46.5. The zero-order valence-corrected chi connectivity index (χ0v) is 77.5. The summed E-state index contributed by atoms with van der Waals surface area (Å²) in [6.07, 6.45) is 0. The number of aryl methyl sites for hydroxylation is 4. The minimum Gasteiger partial charge on any atom is -0.456 e. The van der Waals surface area contributed by atoms with Crippen molar-refractivity contribution in [1.82, 2.24) is 0 Å². The lowest BCUT2D eigenvalue weighted by Gasteiger charge is -2.33. The van der Waals surface area contributed by atoms with Gasteiger partial charge in [-0.05, 0) is 270 Å². The molecule has 0 N–H and O–H groups in total. The van der Waals surface area contributed by atoms with Gasteiger partial charge >= 0.3 is 0 Å². The molecule has 4 heterocycles. The molecule has 23 aromatic rings. The first kappa shape index (κ1) is 77.3. The second-order valence-corrected chi connectivity index (χ2v) is 41.9. The Morgan fingerprint density at radius 2 is 0.652 bits per heavy atom. The summed E-state index contributed by atoms with van der Waals surface area (Å²) in [4.78, 5) is 5.19. The van der Waals surface area contributed by atoms with Crippen LogP contribution in [-0.2, 0) is 21.7 Å². The number of hydrogen-bond acceptors (Lipinski definition) is 6. The molecule has 4 aromatic heterocycles. The number of hydrogen-bond donors (Lipinski definition) is 0. The van der Waals surface area contributed by atoms with Crippen molar-refractivity contribution in [3.8, 4) is 89.0 Å². The third kappa shape index (κ3) is 10.6. The molecular weight excluding hydrogens is 1640 g/mol. The van der Waals surface area contributed by atoms with Crippen molar-refractivity contribution in [3.05, 3.63) is 406 Å². The van der Waals surface area contributed by atoms with Crippen molar-refractivity contribution in [2.45, 2.75) is 105 Å². The maximum absolute atomic E-state index is 6.76. The molecule has 630 valence electrons. The summed E-state index contributed by atoms with van der Waals surface area (Å²) in [7, 11) is 0. The molecule has 0 saturated carbocycles. The summed E-state index contributed by atoms with van der Waals surface area (Å²) in [5.74, 6) is 0. The maximum Gasteiger partial charge on any atom is 0.136 e. The highest BCUT2D eigenvalue weighted by Crippen LogP contribution is 2.65. The molecule has 4 aliphatic carbocycles. The van der Waals surface area contributed by atoms with E-state index < -0.39 is 16.2 Å². The molecule has 27 rings (SSSR count). The Morgan fingerprint density at radius 3 is 1.20 bits per heavy atom. The fraction of sp³-hybridized carbons (Fsp3) is 0.127. The molecular formula is C126H92N2O2S2. The summed E-state index contributed by atoms with van der Waals surface area (Å²) >= 11 is 3.90. The van der Waals surface area contributed by atoms with Crippen LogP contribution in [0.25, 0.3) is 195 Å². The minimum absolute atomic E-state index is 0.315. The highest BCUT2D eigenvalue weighted by molar-refractivity contribution is 7.27. The van der Waals surface area contributed by atoms with Gasteiger partial charge in [-0.25, -0.2) is 0 Å². The van der Waals surface area contributed by atoms with Crippen LogP contribution in [0.2, 0.25) is 0 Å². The van der Waals surface area contributed by atoms with Gasteiger partial charge in [0.1, 0.15) is 22.3 Å². The molecule has 4 aliphatic rings. The lowest BCUT2D eigenvalue weighted by molar-refractivity contribution is 0.657. The standard InChI is InChI=1S/C126H92N2O2S2/c1-69-48-50-71(3)90(60-69)92-65-98-112(116-88-41-23-27-47-109(88)131-121(92)116)84-54-52-76(63-96(84)125(98,9)10)127(75-32-14-13-15-33-75)77-53-55-85-97(64-77)126(11,12)99-66-93(91-61-70(2)49-51-72(91)4)122-117(113(85)99)89-43-29-42-79(120(89)132-122)74-31-28-30-73(62-74)78-34-20-24-44-102(78)128(103-67-100-110(82-37-18-16-35-80(82)103)118-94(123(100,5)6)56-58-107-114(118)86-39-21-25-45-105(86)129-107)104-68-101-111(83-38-19-17-36-81(83)104)119-95(124(101,7)8)57-59-108-115(119)87-40-22-26-46-106(87)130-108/h13-68H,1-12H3. The van der Waals surface area contributed by atoms with Crippen molar-refractivity contribution in [2.75, 3.05) is 9.80 Å². The SMILES string of the molecule is Cc1ccc(C)c(-c2cc3c(c4c2sc2ccccc24)-c2ccc(N(c4ccccc4)c4ccc5c(c4)C(C)(C)c4cc(-c6cc(C)ccc6C)c6sc7c(-c8cccc(-c9ccccc9N(c9cc%10c(c%11ccccc9%11)-c9c(ccc%11oc%12ccccc%12c9%11)C%10(C)C)c9cc%10c(c%11ccccc9%11)-c9c(ccc%11oc%12ccccc%12c9%11)C%10(C)C)c8)cccc7c6c4-5)cc2C3(C)C)c1. The number of fused-ring (bicyclic) bond motifs is 32.